The van der Waals surface area contributed by atoms with Crippen LogP contribution in [0, 0.1) is 6.92 Å². The van der Waals surface area contributed by atoms with Crippen LogP contribution in [0.4, 0.5) is 11.6 Å². The first-order valence-corrected chi connectivity index (χ1v) is 8.68. The van der Waals surface area contributed by atoms with Gasteiger partial charge in [-0.15, -0.1) is 10.2 Å². The van der Waals surface area contributed by atoms with E-state index in [9.17, 15) is 4.79 Å². The van der Waals surface area contributed by atoms with Crippen LogP contribution >= 0.6 is 0 Å². The van der Waals surface area contributed by atoms with Crippen molar-refractivity contribution in [3.63, 3.8) is 0 Å². The van der Waals surface area contributed by atoms with Crippen molar-refractivity contribution < 1.29 is 9.53 Å². The van der Waals surface area contributed by atoms with Gasteiger partial charge in [-0.1, -0.05) is 42.0 Å². The lowest BCUT2D eigenvalue weighted by atomic mass is 10.1. The van der Waals surface area contributed by atoms with Crippen LogP contribution in [0.15, 0.2) is 60.7 Å². The first kappa shape index (κ1) is 18.4. The van der Waals surface area contributed by atoms with Crippen LogP contribution < -0.4 is 15.4 Å². The van der Waals surface area contributed by atoms with Gasteiger partial charge in [-0.3, -0.25) is 4.79 Å². The van der Waals surface area contributed by atoms with Gasteiger partial charge in [0.05, 0.1) is 13.5 Å². The number of methoxy groups -OCH3 is 1. The molecule has 6 nitrogen and oxygen atoms in total. The van der Waals surface area contributed by atoms with E-state index in [-0.39, 0.29) is 12.3 Å². The zero-order valence-electron chi connectivity index (χ0n) is 15.4. The molecule has 0 saturated carbocycles. The van der Waals surface area contributed by atoms with Gasteiger partial charge in [-0.05, 0) is 42.3 Å². The molecule has 1 aromatic heterocycles. The predicted molar refractivity (Wildman–Crippen MR) is 106 cm³/mol. The molecule has 6 heteroatoms. The van der Waals surface area contributed by atoms with Crippen molar-refractivity contribution in [3.05, 3.63) is 77.4 Å². The summed E-state index contributed by atoms with van der Waals surface area (Å²) in [6, 6.07) is 19.2. The Labute approximate surface area is 158 Å². The number of aryl methyl sites for hydroxylation is 1. The summed E-state index contributed by atoms with van der Waals surface area (Å²) in [4.78, 5) is 12.1. The summed E-state index contributed by atoms with van der Waals surface area (Å²) >= 11 is 0. The normalized spacial score (nSPS) is 10.3. The van der Waals surface area contributed by atoms with E-state index in [1.165, 1.54) is 11.1 Å². The quantitative estimate of drug-likeness (QED) is 0.672. The first-order valence-electron chi connectivity index (χ1n) is 8.68. The number of anilines is 2. The summed E-state index contributed by atoms with van der Waals surface area (Å²) in [6.07, 6.45) is 0.263. The number of nitrogens with one attached hydrogen (secondary N) is 2. The number of hydrogen-bond donors (Lipinski definition) is 2. The maximum atomic E-state index is 12.1. The van der Waals surface area contributed by atoms with Gasteiger partial charge >= 0.3 is 0 Å². The highest BCUT2D eigenvalue weighted by molar-refractivity contribution is 5.91. The van der Waals surface area contributed by atoms with Crippen molar-refractivity contribution >= 4 is 17.5 Å². The smallest absolute Gasteiger partial charge is 0.229 e. The Kier molecular flexibility index (Phi) is 5.99. The average Bonchev–Trinajstić information content (AvgIpc) is 2.68. The average molecular weight is 362 g/mol. The van der Waals surface area contributed by atoms with Gasteiger partial charge in [0.25, 0.3) is 0 Å². The molecule has 1 amide bonds. The number of carbonyl (C=O) groups excluding carboxylic acids is 1. The molecule has 3 rings (SSSR count). The lowest BCUT2D eigenvalue weighted by molar-refractivity contribution is -0.115. The standard InChI is InChI=1S/C21H22N4O2/c1-15-4-3-5-17(12-15)14-22-19-10-11-20(25-24-19)23-21(26)13-16-6-8-18(27-2)9-7-16/h3-12H,13-14H2,1-2H3,(H,22,24)(H,23,25,26). The van der Waals surface area contributed by atoms with Crippen LogP contribution in [0.3, 0.4) is 0 Å². The van der Waals surface area contributed by atoms with Gasteiger partial charge < -0.3 is 15.4 Å². The number of rotatable bonds is 7. The zero-order chi connectivity index (χ0) is 19.1. The minimum Gasteiger partial charge on any atom is -0.497 e. The summed E-state index contributed by atoms with van der Waals surface area (Å²) < 4.78 is 5.11. The van der Waals surface area contributed by atoms with E-state index in [1.54, 1.807) is 19.2 Å². The number of benzene rings is 2. The molecule has 0 bridgehead atoms. The third-order valence-electron chi connectivity index (χ3n) is 4.01. The lowest BCUT2D eigenvalue weighted by Gasteiger charge is -2.08. The summed E-state index contributed by atoms with van der Waals surface area (Å²) in [5.41, 5.74) is 3.29. The third-order valence-corrected chi connectivity index (χ3v) is 4.01. The summed E-state index contributed by atoms with van der Waals surface area (Å²) in [5.74, 6) is 1.70. The van der Waals surface area contributed by atoms with Crippen LogP contribution in [0.25, 0.3) is 0 Å². The number of amides is 1. The molecule has 0 fully saturated rings. The van der Waals surface area contributed by atoms with Crippen LogP contribution in [0.2, 0.25) is 0 Å². The Morgan fingerprint density at radius 2 is 1.70 bits per heavy atom. The van der Waals surface area contributed by atoms with Gasteiger partial charge in [0, 0.05) is 6.54 Å². The fraction of sp³-hybridized carbons (Fsp3) is 0.190. The minimum atomic E-state index is -0.144. The molecule has 0 aliphatic rings. The van der Waals surface area contributed by atoms with Gasteiger partial charge in [-0.25, -0.2) is 0 Å². The molecule has 0 aliphatic heterocycles. The van der Waals surface area contributed by atoms with Crippen molar-refractivity contribution in [1.82, 2.24) is 10.2 Å². The fourth-order valence-corrected chi connectivity index (χ4v) is 2.62. The van der Waals surface area contributed by atoms with Crippen LogP contribution in [0.5, 0.6) is 5.75 Å². The number of hydrogen-bond acceptors (Lipinski definition) is 5. The van der Waals surface area contributed by atoms with Gasteiger partial charge in [0.2, 0.25) is 5.91 Å². The molecule has 0 atom stereocenters. The van der Waals surface area contributed by atoms with E-state index in [0.29, 0.717) is 18.2 Å². The maximum absolute atomic E-state index is 12.1. The summed E-state index contributed by atoms with van der Waals surface area (Å²) in [6.45, 7) is 2.73. The van der Waals surface area contributed by atoms with Gasteiger partial charge in [0.1, 0.15) is 11.6 Å². The highest BCUT2D eigenvalue weighted by Gasteiger charge is 2.06. The number of carbonyl (C=O) groups is 1. The first-order chi connectivity index (χ1) is 13.1. The van der Waals surface area contributed by atoms with Crippen molar-refractivity contribution in [3.8, 4) is 5.75 Å². The number of ether oxygens (including phenoxy) is 1. The van der Waals surface area contributed by atoms with Crippen LogP contribution in [0.1, 0.15) is 16.7 Å². The molecule has 0 aliphatic carbocycles. The second-order valence-electron chi connectivity index (χ2n) is 6.22. The number of nitrogens with zero attached hydrogens (tertiary/aromatic N) is 2. The predicted octanol–water partition coefficient (Wildman–Crippen LogP) is 3.59. The second kappa shape index (κ2) is 8.80. The molecule has 0 unspecified atom stereocenters. The minimum absolute atomic E-state index is 0.144. The Bertz CT molecular complexity index is 893. The van der Waals surface area contributed by atoms with E-state index in [2.05, 4.69) is 46.0 Å². The largest absolute Gasteiger partial charge is 0.497 e. The molecule has 2 N–H and O–H groups in total. The topological polar surface area (TPSA) is 76.1 Å². The Morgan fingerprint density at radius 3 is 2.37 bits per heavy atom. The van der Waals surface area contributed by atoms with E-state index in [4.69, 9.17) is 4.74 Å². The van der Waals surface area contributed by atoms with E-state index in [0.717, 1.165) is 11.3 Å². The van der Waals surface area contributed by atoms with Crippen molar-refractivity contribution in [2.24, 2.45) is 0 Å². The molecule has 27 heavy (non-hydrogen) atoms. The molecular weight excluding hydrogens is 340 g/mol. The van der Waals surface area contributed by atoms with Crippen LogP contribution in [-0.2, 0) is 17.8 Å². The molecule has 0 radical (unpaired) electrons. The molecule has 0 saturated heterocycles. The van der Waals surface area contributed by atoms with E-state index < -0.39 is 0 Å². The van der Waals surface area contributed by atoms with Gasteiger partial charge in [0.15, 0.2) is 5.82 Å². The third kappa shape index (κ3) is 5.54. The highest BCUT2D eigenvalue weighted by Crippen LogP contribution is 2.13. The Morgan fingerprint density at radius 1 is 0.963 bits per heavy atom. The number of aromatic nitrogens is 2. The highest BCUT2D eigenvalue weighted by atomic mass is 16.5. The van der Waals surface area contributed by atoms with Crippen LogP contribution in [-0.4, -0.2) is 23.2 Å². The van der Waals surface area contributed by atoms with E-state index >= 15 is 0 Å². The zero-order valence-corrected chi connectivity index (χ0v) is 15.4. The second-order valence-corrected chi connectivity index (χ2v) is 6.22. The SMILES string of the molecule is COc1ccc(CC(=O)Nc2ccc(NCc3cccc(C)c3)nn2)cc1. The fourth-order valence-electron chi connectivity index (χ4n) is 2.62. The monoisotopic (exact) mass is 362 g/mol. The van der Waals surface area contributed by atoms with Crippen molar-refractivity contribution in [2.45, 2.75) is 19.9 Å². The summed E-state index contributed by atoms with van der Waals surface area (Å²) in [5, 5.41) is 14.1. The molecule has 0 spiro atoms. The van der Waals surface area contributed by atoms with Crippen molar-refractivity contribution in [1.29, 1.82) is 0 Å². The molecule has 3 aromatic rings. The molecule has 1 heterocycles. The Balaban J connectivity index is 1.51. The maximum Gasteiger partial charge on any atom is 0.229 e. The molecule has 2 aromatic carbocycles. The van der Waals surface area contributed by atoms with Crippen molar-refractivity contribution in [2.75, 3.05) is 17.7 Å². The lowest BCUT2D eigenvalue weighted by Crippen LogP contribution is -2.16. The Hall–Kier alpha value is -3.41. The van der Waals surface area contributed by atoms with E-state index in [1.807, 2.05) is 30.3 Å². The summed E-state index contributed by atoms with van der Waals surface area (Å²) in [7, 11) is 1.61. The molecule has 138 valence electrons. The molecular formula is C21H22N4O2. The van der Waals surface area contributed by atoms with Gasteiger partial charge in [-0.2, -0.15) is 0 Å².